The molecule has 2 bridgehead atoms. The Kier molecular flexibility index (Phi) is 25.8. The quantitative estimate of drug-likeness (QED) is 0.0229. The molecule has 2 unspecified atom stereocenters. The minimum Gasteiger partial charge on any atom is -0.379 e. The summed E-state index contributed by atoms with van der Waals surface area (Å²) >= 11 is 0. The van der Waals surface area contributed by atoms with Gasteiger partial charge in [0, 0.05) is 50.1 Å². The van der Waals surface area contributed by atoms with Crippen LogP contribution >= 0.6 is 7.60 Å². The molecule has 2 atom stereocenters. The van der Waals surface area contributed by atoms with Gasteiger partial charge in [0.2, 0.25) is 17.7 Å². The lowest BCUT2D eigenvalue weighted by molar-refractivity contribution is -0.148. The second kappa shape index (κ2) is 29.2. The summed E-state index contributed by atoms with van der Waals surface area (Å²) in [6.07, 6.45) is 18.1. The Bertz CT molecular complexity index is 1350. The molecule has 3 aliphatic rings. The van der Waals surface area contributed by atoms with E-state index in [-0.39, 0.29) is 102 Å². The van der Waals surface area contributed by atoms with E-state index in [2.05, 4.69) is 39.0 Å². The molecule has 0 aromatic carbocycles. The van der Waals surface area contributed by atoms with Crippen LogP contribution in [0.2, 0.25) is 0 Å². The van der Waals surface area contributed by atoms with Crippen molar-refractivity contribution in [2.24, 2.45) is 5.41 Å². The fourth-order valence-corrected chi connectivity index (χ4v) is 8.19. The highest BCUT2D eigenvalue weighted by molar-refractivity contribution is 7.51. The number of ether oxygens (including phenoxy) is 6. The van der Waals surface area contributed by atoms with E-state index in [4.69, 9.17) is 52.2 Å². The number of terminal acetylenes is 3. The van der Waals surface area contributed by atoms with Gasteiger partial charge in [-0.25, -0.2) is 0 Å². The first-order valence-electron chi connectivity index (χ1n) is 20.4. The highest BCUT2D eigenvalue weighted by Crippen LogP contribution is 2.58. The van der Waals surface area contributed by atoms with Gasteiger partial charge >= 0.3 is 7.60 Å². The molecule has 18 heteroatoms. The van der Waals surface area contributed by atoms with E-state index in [1.165, 1.54) is 6.66 Å². The van der Waals surface area contributed by atoms with Crippen LogP contribution in [-0.2, 0) is 51.9 Å². The van der Waals surface area contributed by atoms with Crippen molar-refractivity contribution in [1.82, 2.24) is 21.3 Å². The first kappa shape index (κ1) is 52.1. The number of carbonyl (C=O) groups is 3. The van der Waals surface area contributed by atoms with Crippen LogP contribution in [0.15, 0.2) is 0 Å². The van der Waals surface area contributed by atoms with Crippen LogP contribution in [0.25, 0.3) is 0 Å². The molecule has 59 heavy (non-hydrogen) atoms. The number of amides is 3. The summed E-state index contributed by atoms with van der Waals surface area (Å²) in [7, 11) is -3.75. The molecule has 3 aliphatic carbocycles. The van der Waals surface area contributed by atoms with E-state index in [1.54, 1.807) is 0 Å². The summed E-state index contributed by atoms with van der Waals surface area (Å²) in [5, 5.41) is 23.0. The van der Waals surface area contributed by atoms with Gasteiger partial charge in [0.1, 0.15) is 26.0 Å². The third-order valence-electron chi connectivity index (χ3n) is 10.4. The summed E-state index contributed by atoms with van der Waals surface area (Å²) in [6, 6.07) is 0. The molecule has 3 amide bonds. The van der Waals surface area contributed by atoms with Crippen LogP contribution in [0.1, 0.15) is 77.0 Å². The highest BCUT2D eigenvalue weighted by Gasteiger charge is 2.55. The minimum absolute atomic E-state index is 0.0219. The molecular weight excluding hydrogens is 787 g/mol. The molecule has 3 rings (SSSR count). The van der Waals surface area contributed by atoms with Crippen LogP contribution < -0.4 is 21.3 Å². The fraction of sp³-hybridized carbons (Fsp3) is 0.780. The summed E-state index contributed by atoms with van der Waals surface area (Å²) in [6.45, 7) is 5.37. The van der Waals surface area contributed by atoms with Crippen molar-refractivity contribution in [1.29, 1.82) is 0 Å². The zero-order valence-corrected chi connectivity index (χ0v) is 35.6. The molecule has 3 saturated carbocycles. The number of aliphatic hydroxyl groups is 1. The summed E-state index contributed by atoms with van der Waals surface area (Å²) in [5.41, 5.74) is -2.58. The molecule has 0 aromatic heterocycles. The number of fused-ring (bicyclic) bond motifs is 3. The van der Waals surface area contributed by atoms with Gasteiger partial charge in [0.25, 0.3) is 0 Å². The predicted octanol–water partition coefficient (Wildman–Crippen LogP) is 1.25. The largest absolute Gasteiger partial charge is 0.379 e. The Balaban J connectivity index is 2.17. The molecular formula is C41H67N4O13P. The molecule has 0 aliphatic heterocycles. The lowest BCUT2D eigenvalue weighted by Crippen LogP contribution is -2.59. The molecule has 17 nitrogen and oxygen atoms in total. The van der Waals surface area contributed by atoms with E-state index in [0.717, 1.165) is 0 Å². The molecule has 0 saturated heterocycles. The Morgan fingerprint density at radius 1 is 0.678 bits per heavy atom. The van der Waals surface area contributed by atoms with Crippen LogP contribution in [0.3, 0.4) is 0 Å². The lowest BCUT2D eigenvalue weighted by Gasteiger charge is -2.53. The summed E-state index contributed by atoms with van der Waals surface area (Å²) in [5.74, 6) is 6.39. The Morgan fingerprint density at radius 2 is 1.10 bits per heavy atom. The van der Waals surface area contributed by atoms with Crippen molar-refractivity contribution in [2.45, 2.75) is 94.4 Å². The molecule has 334 valence electrons. The first-order chi connectivity index (χ1) is 28.3. The average Bonchev–Trinajstić information content (AvgIpc) is 3.21. The van der Waals surface area contributed by atoms with Crippen molar-refractivity contribution in [2.75, 3.05) is 106 Å². The predicted molar refractivity (Wildman–Crippen MR) is 220 cm³/mol. The van der Waals surface area contributed by atoms with Crippen molar-refractivity contribution in [3.63, 3.8) is 0 Å². The van der Waals surface area contributed by atoms with Crippen LogP contribution in [0, 0.1) is 42.4 Å². The normalized spacial score (nSPS) is 20.1. The molecule has 3 fully saturated rings. The van der Waals surface area contributed by atoms with Gasteiger partial charge in [-0.2, -0.15) is 0 Å². The number of hydrogen-bond acceptors (Lipinski definition) is 13. The average molecular weight is 855 g/mol. The van der Waals surface area contributed by atoms with Crippen LogP contribution in [0.4, 0.5) is 0 Å². The van der Waals surface area contributed by atoms with Gasteiger partial charge in [-0.05, 0) is 64.2 Å². The summed E-state index contributed by atoms with van der Waals surface area (Å²) < 4.78 is 50.0. The number of hydrogen-bond donors (Lipinski definition) is 6. The molecule has 0 aromatic rings. The van der Waals surface area contributed by atoms with E-state index in [0.29, 0.717) is 91.3 Å². The topological polar surface area (TPSA) is 221 Å². The van der Waals surface area contributed by atoms with Crippen LogP contribution in [0.5, 0.6) is 0 Å². The number of carbonyl (C=O) groups excluding carboxylic acids is 3. The molecule has 6 N–H and O–H groups in total. The van der Waals surface area contributed by atoms with Gasteiger partial charge in [-0.15, -0.1) is 19.3 Å². The fourth-order valence-electron chi connectivity index (χ4n) is 7.20. The number of aliphatic hydroxyl groups excluding tert-OH is 1. The zero-order chi connectivity index (χ0) is 43.3. The monoisotopic (exact) mass is 854 g/mol. The Morgan fingerprint density at radius 3 is 1.53 bits per heavy atom. The van der Waals surface area contributed by atoms with Gasteiger partial charge in [0.15, 0.2) is 0 Å². The molecule has 0 radical (unpaired) electrons. The summed E-state index contributed by atoms with van der Waals surface area (Å²) in [4.78, 5) is 50.8. The van der Waals surface area contributed by atoms with Gasteiger partial charge in [0.05, 0.1) is 65.1 Å². The first-order valence-corrected chi connectivity index (χ1v) is 22.4. The minimum atomic E-state index is -3.75. The maximum Gasteiger partial charge on any atom is 0.325 e. The highest BCUT2D eigenvalue weighted by atomic mass is 31.2. The Labute approximate surface area is 350 Å². The van der Waals surface area contributed by atoms with E-state index in [9.17, 15) is 28.9 Å². The van der Waals surface area contributed by atoms with E-state index >= 15 is 0 Å². The maximum atomic E-state index is 14.5. The lowest BCUT2D eigenvalue weighted by atomic mass is 9.58. The maximum absolute atomic E-state index is 14.5. The smallest absolute Gasteiger partial charge is 0.325 e. The molecule has 0 spiro atoms. The van der Waals surface area contributed by atoms with Gasteiger partial charge in [-0.1, -0.05) is 17.8 Å². The number of rotatable bonds is 35. The Hall–Kier alpha value is -3.08. The molecule has 0 heterocycles. The van der Waals surface area contributed by atoms with E-state index in [1.807, 2.05) is 0 Å². The third-order valence-corrected chi connectivity index (χ3v) is 11.1. The van der Waals surface area contributed by atoms with Crippen molar-refractivity contribution in [3.05, 3.63) is 0 Å². The van der Waals surface area contributed by atoms with Crippen LogP contribution in [-0.4, -0.2) is 151 Å². The SMILES string of the molecule is C#CCOCCOCCNC(=O)CCC(CCC(=O)NCCOCCOCC#C)(CCC(O)NCCOCCOCC#C)NC(=O)C12CCC(OP(C)(=O)O)(CC1)CC2. The van der Waals surface area contributed by atoms with Crippen molar-refractivity contribution < 1.29 is 61.9 Å². The van der Waals surface area contributed by atoms with Gasteiger partial charge in [-0.3, -0.25) is 24.3 Å². The van der Waals surface area contributed by atoms with Gasteiger partial charge < -0.3 is 58.9 Å². The number of nitrogens with one attached hydrogen (secondary N) is 4. The van der Waals surface area contributed by atoms with Crippen molar-refractivity contribution in [3.8, 4) is 37.0 Å². The second-order valence-corrected chi connectivity index (χ2v) is 16.7. The zero-order valence-electron chi connectivity index (χ0n) is 34.7. The standard InChI is InChI=1S/C41H67N4O13P/c1-5-23-52-29-32-55-26-20-42-35(46)8-11-40(12-9-36(47)43-21-27-56-33-30-53-24-6-2,13-10-37(48)44-22-28-57-34-31-54-25-7-3)45-38(49)39-14-17-41(18-15-39,19-16-39)58-59(4,50)51/h1-3,35,42,46H,8-34H2,4H3,(H,43,47)(H,44,48)(H,45,49)(H,50,51). The third kappa shape index (κ3) is 22.4. The second-order valence-electron chi connectivity index (χ2n) is 14.9. The van der Waals surface area contributed by atoms with E-state index < -0.39 is 30.4 Å². The van der Waals surface area contributed by atoms with Crippen molar-refractivity contribution >= 4 is 25.3 Å².